The minimum Gasteiger partial charge on any atom is -0.397 e. The standard InChI is InChI=1S/C14H14BrFN2O2S/c1-21(19,20)11-3-5-14(13(17)7-11)18-8-9-6-10(15)2-4-12(9)16/h2-7,18H,8,17H2,1H3. The molecule has 0 heterocycles. The zero-order valence-electron chi connectivity index (χ0n) is 11.2. The Bertz CT molecular complexity index is 779. The van der Waals surface area contributed by atoms with Crippen molar-refractivity contribution in [3.63, 3.8) is 0 Å². The van der Waals surface area contributed by atoms with Crippen LogP contribution in [-0.2, 0) is 16.4 Å². The molecular weight excluding hydrogens is 359 g/mol. The van der Waals surface area contributed by atoms with Gasteiger partial charge in [0.25, 0.3) is 0 Å². The molecule has 0 unspecified atom stereocenters. The maximum absolute atomic E-state index is 13.6. The summed E-state index contributed by atoms with van der Waals surface area (Å²) >= 11 is 3.28. The molecule has 0 radical (unpaired) electrons. The molecular formula is C14H14BrFN2O2S. The highest BCUT2D eigenvalue weighted by Crippen LogP contribution is 2.24. The lowest BCUT2D eigenvalue weighted by atomic mass is 10.2. The predicted octanol–water partition coefficient (Wildman–Crippen LogP) is 3.19. The summed E-state index contributed by atoms with van der Waals surface area (Å²) in [4.78, 5) is 0.152. The van der Waals surface area contributed by atoms with E-state index in [-0.39, 0.29) is 17.3 Å². The third kappa shape index (κ3) is 3.95. The van der Waals surface area contributed by atoms with Gasteiger partial charge in [-0.1, -0.05) is 15.9 Å². The fraction of sp³-hybridized carbons (Fsp3) is 0.143. The van der Waals surface area contributed by atoms with Gasteiger partial charge in [-0.05, 0) is 36.4 Å². The summed E-state index contributed by atoms with van der Waals surface area (Å²) in [5.41, 5.74) is 7.16. The first kappa shape index (κ1) is 15.8. The molecule has 3 N–H and O–H groups in total. The van der Waals surface area contributed by atoms with Crippen molar-refractivity contribution in [3.8, 4) is 0 Å². The Morgan fingerprint density at radius 1 is 1.24 bits per heavy atom. The van der Waals surface area contributed by atoms with Gasteiger partial charge in [-0.3, -0.25) is 0 Å². The molecule has 0 fully saturated rings. The van der Waals surface area contributed by atoms with Gasteiger partial charge in [0.05, 0.1) is 16.3 Å². The van der Waals surface area contributed by atoms with Crippen molar-refractivity contribution >= 4 is 37.1 Å². The normalized spacial score (nSPS) is 11.4. The second-order valence-electron chi connectivity index (χ2n) is 4.61. The molecule has 0 aliphatic carbocycles. The summed E-state index contributed by atoms with van der Waals surface area (Å²) in [7, 11) is -3.30. The van der Waals surface area contributed by atoms with E-state index in [0.29, 0.717) is 16.9 Å². The van der Waals surface area contributed by atoms with E-state index >= 15 is 0 Å². The van der Waals surface area contributed by atoms with E-state index in [0.717, 1.165) is 10.7 Å². The first-order valence-corrected chi connectivity index (χ1v) is 8.73. The van der Waals surface area contributed by atoms with Crippen molar-refractivity contribution in [2.45, 2.75) is 11.4 Å². The van der Waals surface area contributed by atoms with Crippen LogP contribution in [0.4, 0.5) is 15.8 Å². The van der Waals surface area contributed by atoms with Crippen molar-refractivity contribution in [2.24, 2.45) is 0 Å². The third-order valence-electron chi connectivity index (χ3n) is 2.93. The van der Waals surface area contributed by atoms with E-state index in [1.165, 1.54) is 18.2 Å². The number of rotatable bonds is 4. The molecule has 0 aliphatic heterocycles. The van der Waals surface area contributed by atoms with Crippen LogP contribution in [-0.4, -0.2) is 14.7 Å². The van der Waals surface area contributed by atoms with Crippen LogP contribution in [0.25, 0.3) is 0 Å². The molecule has 0 atom stereocenters. The molecule has 0 saturated heterocycles. The fourth-order valence-corrected chi connectivity index (χ4v) is 2.87. The summed E-state index contributed by atoms with van der Waals surface area (Å²) in [6.07, 6.45) is 1.12. The summed E-state index contributed by atoms with van der Waals surface area (Å²) in [5.74, 6) is -0.322. The molecule has 2 aromatic carbocycles. The second-order valence-corrected chi connectivity index (χ2v) is 7.54. The van der Waals surface area contributed by atoms with E-state index in [9.17, 15) is 12.8 Å². The molecule has 0 aromatic heterocycles. The van der Waals surface area contributed by atoms with Gasteiger partial charge in [0.1, 0.15) is 5.82 Å². The number of hydrogen-bond donors (Lipinski definition) is 2. The van der Waals surface area contributed by atoms with Crippen molar-refractivity contribution in [3.05, 3.63) is 52.3 Å². The van der Waals surface area contributed by atoms with Gasteiger partial charge in [-0.25, -0.2) is 12.8 Å². The van der Waals surface area contributed by atoms with Gasteiger partial charge in [0.15, 0.2) is 9.84 Å². The Morgan fingerprint density at radius 3 is 2.57 bits per heavy atom. The Morgan fingerprint density at radius 2 is 1.95 bits per heavy atom. The third-order valence-corrected chi connectivity index (χ3v) is 4.53. The smallest absolute Gasteiger partial charge is 0.175 e. The topological polar surface area (TPSA) is 72.2 Å². The highest BCUT2D eigenvalue weighted by molar-refractivity contribution is 9.10. The van der Waals surface area contributed by atoms with Crippen LogP contribution in [0.15, 0.2) is 45.8 Å². The first-order chi connectivity index (χ1) is 9.77. The van der Waals surface area contributed by atoms with Gasteiger partial charge in [-0.2, -0.15) is 0 Å². The average Bonchev–Trinajstić information content (AvgIpc) is 2.40. The first-order valence-electron chi connectivity index (χ1n) is 6.05. The lowest BCUT2D eigenvalue weighted by Gasteiger charge is -2.11. The Kier molecular flexibility index (Phi) is 4.53. The number of benzene rings is 2. The summed E-state index contributed by atoms with van der Waals surface area (Å²) in [5, 5.41) is 3.00. The van der Waals surface area contributed by atoms with Crippen LogP contribution in [0.5, 0.6) is 0 Å². The molecule has 0 amide bonds. The number of nitrogens with two attached hydrogens (primary N) is 1. The Hall–Kier alpha value is -1.60. The van der Waals surface area contributed by atoms with Gasteiger partial charge < -0.3 is 11.1 Å². The zero-order chi connectivity index (χ0) is 15.6. The van der Waals surface area contributed by atoms with Crippen molar-refractivity contribution in [1.29, 1.82) is 0 Å². The van der Waals surface area contributed by atoms with Gasteiger partial charge >= 0.3 is 0 Å². The molecule has 0 saturated carbocycles. The molecule has 2 rings (SSSR count). The van der Waals surface area contributed by atoms with Crippen molar-refractivity contribution in [1.82, 2.24) is 0 Å². The molecule has 7 heteroatoms. The molecule has 0 aliphatic rings. The Labute approximate surface area is 131 Å². The van der Waals surface area contributed by atoms with Gasteiger partial charge in [0, 0.05) is 22.8 Å². The van der Waals surface area contributed by atoms with Crippen LogP contribution in [0, 0.1) is 5.82 Å². The average molecular weight is 373 g/mol. The lowest BCUT2D eigenvalue weighted by molar-refractivity contribution is 0.602. The zero-order valence-corrected chi connectivity index (χ0v) is 13.6. The minimum absolute atomic E-state index is 0.152. The number of halogens is 2. The second kappa shape index (κ2) is 6.03. The number of nitrogens with one attached hydrogen (secondary N) is 1. The highest BCUT2D eigenvalue weighted by atomic mass is 79.9. The van der Waals surface area contributed by atoms with Crippen LogP contribution < -0.4 is 11.1 Å². The minimum atomic E-state index is -3.30. The van der Waals surface area contributed by atoms with Crippen LogP contribution in [0.2, 0.25) is 0 Å². The van der Waals surface area contributed by atoms with Crippen LogP contribution in [0.3, 0.4) is 0 Å². The SMILES string of the molecule is CS(=O)(=O)c1ccc(NCc2cc(Br)ccc2F)c(N)c1. The monoisotopic (exact) mass is 372 g/mol. The molecule has 112 valence electrons. The molecule has 0 bridgehead atoms. The summed E-state index contributed by atoms with van der Waals surface area (Å²) in [6, 6.07) is 9.08. The molecule has 0 spiro atoms. The number of anilines is 2. The molecule has 2 aromatic rings. The van der Waals surface area contributed by atoms with E-state index < -0.39 is 9.84 Å². The van der Waals surface area contributed by atoms with Crippen LogP contribution >= 0.6 is 15.9 Å². The van der Waals surface area contributed by atoms with E-state index in [1.54, 1.807) is 18.2 Å². The molecule has 21 heavy (non-hydrogen) atoms. The predicted molar refractivity (Wildman–Crippen MR) is 85.4 cm³/mol. The fourth-order valence-electron chi connectivity index (χ4n) is 1.80. The Balaban J connectivity index is 2.19. The van der Waals surface area contributed by atoms with E-state index in [2.05, 4.69) is 21.2 Å². The van der Waals surface area contributed by atoms with Crippen molar-refractivity contribution in [2.75, 3.05) is 17.3 Å². The maximum atomic E-state index is 13.6. The van der Waals surface area contributed by atoms with Crippen LogP contribution in [0.1, 0.15) is 5.56 Å². The maximum Gasteiger partial charge on any atom is 0.175 e. The summed E-state index contributed by atoms with van der Waals surface area (Å²) in [6.45, 7) is 0.244. The number of sulfone groups is 1. The van der Waals surface area contributed by atoms with Gasteiger partial charge in [0.2, 0.25) is 0 Å². The van der Waals surface area contributed by atoms with E-state index in [4.69, 9.17) is 5.73 Å². The summed E-state index contributed by atoms with van der Waals surface area (Å²) < 4.78 is 37.3. The van der Waals surface area contributed by atoms with Crippen molar-refractivity contribution < 1.29 is 12.8 Å². The quantitative estimate of drug-likeness (QED) is 0.808. The van der Waals surface area contributed by atoms with E-state index in [1.807, 2.05) is 0 Å². The highest BCUT2D eigenvalue weighted by Gasteiger charge is 2.10. The number of nitrogen functional groups attached to an aromatic ring is 1. The van der Waals surface area contributed by atoms with Gasteiger partial charge in [-0.15, -0.1) is 0 Å². The largest absolute Gasteiger partial charge is 0.397 e. The lowest BCUT2D eigenvalue weighted by Crippen LogP contribution is -2.06. The molecule has 4 nitrogen and oxygen atoms in total. The number of hydrogen-bond acceptors (Lipinski definition) is 4.